The zero-order chi connectivity index (χ0) is 9.14. The Kier molecular flexibility index (Phi) is 3.50. The molecule has 12 heavy (non-hydrogen) atoms. The van der Waals surface area contributed by atoms with E-state index in [2.05, 4.69) is 15.9 Å². The molecule has 0 aliphatic rings. The number of methoxy groups -OCH3 is 1. The summed E-state index contributed by atoms with van der Waals surface area (Å²) >= 11 is 8.77. The molecule has 0 unspecified atom stereocenters. The third kappa shape index (κ3) is 2.19. The van der Waals surface area contributed by atoms with Gasteiger partial charge < -0.3 is 4.74 Å². The predicted octanol–water partition coefficient (Wildman–Crippen LogP) is 3.39. The highest BCUT2D eigenvalue weighted by atomic mass is 79.9. The van der Waals surface area contributed by atoms with Crippen molar-refractivity contribution in [2.45, 2.75) is 6.61 Å². The molecule has 1 aromatic rings. The molecule has 1 aromatic carbocycles. The third-order valence-electron chi connectivity index (χ3n) is 1.39. The Balaban J connectivity index is 3.05. The van der Waals surface area contributed by atoms with E-state index in [4.69, 9.17) is 16.3 Å². The first-order chi connectivity index (χ1) is 5.65. The first kappa shape index (κ1) is 9.96. The molecule has 0 bridgehead atoms. The Bertz CT molecular complexity index is 291. The summed E-state index contributed by atoms with van der Waals surface area (Å²) in [6.45, 7) is 0.417. The van der Waals surface area contributed by atoms with E-state index in [1.54, 1.807) is 13.2 Å². The first-order valence-electron chi connectivity index (χ1n) is 3.27. The molecule has 0 aromatic heterocycles. The Labute approximate surface area is 83.6 Å². The van der Waals surface area contributed by atoms with Gasteiger partial charge in [-0.3, -0.25) is 0 Å². The van der Waals surface area contributed by atoms with Crippen molar-refractivity contribution < 1.29 is 9.13 Å². The van der Waals surface area contributed by atoms with Gasteiger partial charge in [-0.05, 0) is 17.7 Å². The van der Waals surface area contributed by atoms with Crippen LogP contribution in [0.25, 0.3) is 0 Å². The zero-order valence-electron chi connectivity index (χ0n) is 6.40. The van der Waals surface area contributed by atoms with E-state index >= 15 is 0 Å². The van der Waals surface area contributed by atoms with Crippen molar-refractivity contribution in [3.05, 3.63) is 33.0 Å². The molecule has 0 N–H and O–H groups in total. The topological polar surface area (TPSA) is 9.23 Å². The minimum absolute atomic E-state index is 0.116. The smallest absolute Gasteiger partial charge is 0.142 e. The number of ether oxygens (including phenoxy) is 1. The number of halogens is 3. The highest BCUT2D eigenvalue weighted by molar-refractivity contribution is 9.10. The van der Waals surface area contributed by atoms with Gasteiger partial charge in [0.15, 0.2) is 0 Å². The maximum atomic E-state index is 12.8. The Morgan fingerprint density at radius 2 is 2.25 bits per heavy atom. The second-order valence-electron chi connectivity index (χ2n) is 2.29. The molecule has 66 valence electrons. The van der Waals surface area contributed by atoms with Crippen LogP contribution >= 0.6 is 27.5 Å². The molecule has 0 heterocycles. The zero-order valence-corrected chi connectivity index (χ0v) is 8.75. The van der Waals surface area contributed by atoms with Gasteiger partial charge >= 0.3 is 0 Å². The lowest BCUT2D eigenvalue weighted by atomic mass is 10.2. The molecule has 0 amide bonds. The Morgan fingerprint density at radius 1 is 1.58 bits per heavy atom. The van der Waals surface area contributed by atoms with Crippen LogP contribution in [0.5, 0.6) is 0 Å². The van der Waals surface area contributed by atoms with Crippen LogP contribution in [0.4, 0.5) is 4.39 Å². The molecule has 1 rings (SSSR count). The van der Waals surface area contributed by atoms with Crippen molar-refractivity contribution in [3.63, 3.8) is 0 Å². The normalized spacial score (nSPS) is 10.3. The number of benzene rings is 1. The van der Waals surface area contributed by atoms with Crippen LogP contribution in [0.15, 0.2) is 16.6 Å². The fraction of sp³-hybridized carbons (Fsp3) is 0.250. The van der Waals surface area contributed by atoms with Gasteiger partial charge in [-0.15, -0.1) is 0 Å². The SMILES string of the molecule is COCc1cc(Cl)c(F)cc1Br. The van der Waals surface area contributed by atoms with Crippen molar-refractivity contribution in [3.8, 4) is 0 Å². The predicted molar refractivity (Wildman–Crippen MR) is 49.8 cm³/mol. The fourth-order valence-electron chi connectivity index (χ4n) is 0.830. The summed E-state index contributed by atoms with van der Waals surface area (Å²) < 4.78 is 18.4. The highest BCUT2D eigenvalue weighted by Crippen LogP contribution is 2.24. The summed E-state index contributed by atoms with van der Waals surface area (Å²) in [5.74, 6) is -0.427. The minimum Gasteiger partial charge on any atom is -0.380 e. The molecule has 0 aliphatic heterocycles. The van der Waals surface area contributed by atoms with Gasteiger partial charge in [0.2, 0.25) is 0 Å². The van der Waals surface area contributed by atoms with Crippen molar-refractivity contribution in [2.75, 3.05) is 7.11 Å². The van der Waals surface area contributed by atoms with Gasteiger partial charge in [-0.25, -0.2) is 4.39 Å². The van der Waals surface area contributed by atoms with Gasteiger partial charge in [-0.2, -0.15) is 0 Å². The molecule has 0 aliphatic carbocycles. The molecular weight excluding hydrogens is 246 g/mol. The summed E-state index contributed by atoms with van der Waals surface area (Å²) in [6.07, 6.45) is 0. The van der Waals surface area contributed by atoms with Gasteiger partial charge in [-0.1, -0.05) is 27.5 Å². The summed E-state index contributed by atoms with van der Waals surface area (Å²) in [4.78, 5) is 0. The average molecular weight is 253 g/mol. The standard InChI is InChI=1S/C8H7BrClFO/c1-12-4-5-2-7(10)8(11)3-6(5)9/h2-3H,4H2,1H3. The second kappa shape index (κ2) is 4.21. The van der Waals surface area contributed by atoms with Crippen molar-refractivity contribution in [2.24, 2.45) is 0 Å². The largest absolute Gasteiger partial charge is 0.380 e. The lowest BCUT2D eigenvalue weighted by Gasteiger charge is -2.03. The van der Waals surface area contributed by atoms with Crippen molar-refractivity contribution >= 4 is 27.5 Å². The molecule has 4 heteroatoms. The maximum absolute atomic E-state index is 12.8. The van der Waals surface area contributed by atoms with Gasteiger partial charge in [0.05, 0.1) is 11.6 Å². The molecule has 0 saturated heterocycles. The van der Waals surface area contributed by atoms with Crippen LogP contribution in [0.2, 0.25) is 5.02 Å². The van der Waals surface area contributed by atoms with Crippen LogP contribution in [-0.4, -0.2) is 7.11 Å². The summed E-state index contributed by atoms with van der Waals surface area (Å²) in [6, 6.07) is 2.88. The summed E-state index contributed by atoms with van der Waals surface area (Å²) in [5.41, 5.74) is 0.837. The number of hydrogen-bond donors (Lipinski definition) is 0. The third-order valence-corrected chi connectivity index (χ3v) is 2.42. The van der Waals surface area contributed by atoms with E-state index in [9.17, 15) is 4.39 Å². The quantitative estimate of drug-likeness (QED) is 0.734. The highest BCUT2D eigenvalue weighted by Gasteiger charge is 2.05. The van der Waals surface area contributed by atoms with Crippen LogP contribution in [0.1, 0.15) is 5.56 Å². The van der Waals surface area contributed by atoms with E-state index < -0.39 is 5.82 Å². The summed E-state index contributed by atoms with van der Waals surface area (Å²) in [5, 5.41) is 0.116. The van der Waals surface area contributed by atoms with E-state index in [0.29, 0.717) is 11.1 Å². The van der Waals surface area contributed by atoms with Crippen LogP contribution < -0.4 is 0 Å². The van der Waals surface area contributed by atoms with E-state index in [-0.39, 0.29) is 5.02 Å². The van der Waals surface area contributed by atoms with E-state index in [0.717, 1.165) is 5.56 Å². The Hall–Kier alpha value is -0.120. The molecule has 0 atom stereocenters. The molecular formula is C8H7BrClFO. The number of rotatable bonds is 2. The first-order valence-corrected chi connectivity index (χ1v) is 4.44. The minimum atomic E-state index is -0.427. The lowest BCUT2D eigenvalue weighted by molar-refractivity contribution is 0.184. The molecule has 0 spiro atoms. The van der Waals surface area contributed by atoms with E-state index in [1.807, 2.05) is 0 Å². The molecule has 1 nitrogen and oxygen atoms in total. The van der Waals surface area contributed by atoms with Crippen molar-refractivity contribution in [1.29, 1.82) is 0 Å². The maximum Gasteiger partial charge on any atom is 0.142 e. The number of hydrogen-bond acceptors (Lipinski definition) is 1. The second-order valence-corrected chi connectivity index (χ2v) is 3.55. The van der Waals surface area contributed by atoms with Crippen LogP contribution in [-0.2, 0) is 11.3 Å². The van der Waals surface area contributed by atoms with Crippen molar-refractivity contribution in [1.82, 2.24) is 0 Å². The van der Waals surface area contributed by atoms with Crippen LogP contribution in [0, 0.1) is 5.82 Å². The lowest BCUT2D eigenvalue weighted by Crippen LogP contribution is -1.90. The van der Waals surface area contributed by atoms with E-state index in [1.165, 1.54) is 6.07 Å². The average Bonchev–Trinajstić information content (AvgIpc) is 2.01. The Morgan fingerprint density at radius 3 is 2.83 bits per heavy atom. The van der Waals surface area contributed by atoms with Gasteiger partial charge in [0.1, 0.15) is 5.82 Å². The molecule has 0 fully saturated rings. The molecule has 0 radical (unpaired) electrons. The fourth-order valence-corrected chi connectivity index (χ4v) is 1.45. The monoisotopic (exact) mass is 252 g/mol. The van der Waals surface area contributed by atoms with Crippen LogP contribution in [0.3, 0.4) is 0 Å². The van der Waals surface area contributed by atoms with Gasteiger partial charge in [0, 0.05) is 11.6 Å². The molecule has 0 saturated carbocycles. The van der Waals surface area contributed by atoms with Gasteiger partial charge in [0.25, 0.3) is 0 Å². The summed E-state index contributed by atoms with van der Waals surface area (Å²) in [7, 11) is 1.57.